The van der Waals surface area contributed by atoms with Crippen molar-refractivity contribution >= 4 is 17.9 Å². The number of rotatable bonds is 3. The van der Waals surface area contributed by atoms with Crippen LogP contribution in [0.15, 0.2) is 60.7 Å². The van der Waals surface area contributed by atoms with Gasteiger partial charge in [-0.1, -0.05) is 48.5 Å². The number of aromatic nitrogens is 2. The Morgan fingerprint density at radius 1 is 0.909 bits per heavy atom. The molecule has 3 aromatic rings. The van der Waals surface area contributed by atoms with Crippen molar-refractivity contribution in [3.8, 4) is 11.3 Å². The Morgan fingerprint density at radius 3 is 2.05 bits per heavy atom. The molecule has 0 aliphatic heterocycles. The minimum atomic E-state index is 0.780. The second kappa shape index (κ2) is 5.81. The van der Waals surface area contributed by atoms with Crippen molar-refractivity contribution in [2.75, 3.05) is 12.1 Å². The van der Waals surface area contributed by atoms with Crippen LogP contribution >= 0.6 is 12.2 Å². The van der Waals surface area contributed by atoms with Crippen LogP contribution in [0.5, 0.6) is 0 Å². The van der Waals surface area contributed by atoms with E-state index in [4.69, 9.17) is 12.2 Å². The summed E-state index contributed by atoms with van der Waals surface area (Å²) in [7, 11) is 4.05. The summed E-state index contributed by atoms with van der Waals surface area (Å²) in [5.41, 5.74) is 4.54. The summed E-state index contributed by atoms with van der Waals surface area (Å²) in [6.07, 6.45) is 0. The van der Waals surface area contributed by atoms with E-state index in [1.54, 1.807) is 0 Å². The van der Waals surface area contributed by atoms with E-state index in [1.165, 1.54) is 0 Å². The van der Waals surface area contributed by atoms with E-state index in [1.807, 2.05) is 38.4 Å². The summed E-state index contributed by atoms with van der Waals surface area (Å²) in [4.78, 5) is 0. The zero-order valence-corrected chi connectivity index (χ0v) is 13.8. The van der Waals surface area contributed by atoms with Gasteiger partial charge in [-0.2, -0.15) is 0 Å². The minimum absolute atomic E-state index is 0.780. The van der Waals surface area contributed by atoms with Crippen LogP contribution in [0.1, 0.15) is 5.69 Å². The van der Waals surface area contributed by atoms with E-state index >= 15 is 0 Å². The zero-order chi connectivity index (χ0) is 15.7. The smallest absolute Gasteiger partial charge is 0.199 e. The van der Waals surface area contributed by atoms with Gasteiger partial charge in [0.2, 0.25) is 0 Å². The number of imidazole rings is 1. The second-order valence-electron chi connectivity index (χ2n) is 5.31. The first kappa shape index (κ1) is 14.6. The van der Waals surface area contributed by atoms with E-state index in [0.29, 0.717) is 0 Å². The number of anilines is 1. The molecule has 4 heteroatoms. The van der Waals surface area contributed by atoms with Gasteiger partial charge in [-0.15, -0.1) is 0 Å². The van der Waals surface area contributed by atoms with Crippen molar-refractivity contribution in [2.24, 2.45) is 7.05 Å². The lowest BCUT2D eigenvalue weighted by atomic mass is 10.1. The Labute approximate surface area is 136 Å². The van der Waals surface area contributed by atoms with E-state index in [9.17, 15) is 0 Å². The highest BCUT2D eigenvalue weighted by molar-refractivity contribution is 7.71. The average molecular weight is 309 g/mol. The van der Waals surface area contributed by atoms with Crippen LogP contribution < -0.4 is 5.01 Å². The molecule has 2 aromatic carbocycles. The molecule has 0 spiro atoms. The largest absolute Gasteiger partial charge is 0.322 e. The lowest BCUT2D eigenvalue weighted by molar-refractivity contribution is 0.733. The van der Waals surface area contributed by atoms with Crippen LogP contribution in [-0.4, -0.2) is 16.3 Å². The summed E-state index contributed by atoms with van der Waals surface area (Å²) in [5, 5.41) is 2.09. The summed E-state index contributed by atoms with van der Waals surface area (Å²) < 4.78 is 4.93. The van der Waals surface area contributed by atoms with Gasteiger partial charge in [0.1, 0.15) is 0 Å². The molecular weight excluding hydrogens is 290 g/mol. The quantitative estimate of drug-likeness (QED) is 0.664. The molecule has 0 aliphatic rings. The maximum atomic E-state index is 5.66. The molecule has 0 unspecified atom stereocenters. The number of benzene rings is 2. The Hall–Kier alpha value is -2.33. The van der Waals surface area contributed by atoms with Crippen molar-refractivity contribution in [1.29, 1.82) is 0 Å². The van der Waals surface area contributed by atoms with Gasteiger partial charge in [0, 0.05) is 25.4 Å². The van der Waals surface area contributed by atoms with Crippen molar-refractivity contribution in [1.82, 2.24) is 9.24 Å². The van der Waals surface area contributed by atoms with Crippen molar-refractivity contribution < 1.29 is 0 Å². The van der Waals surface area contributed by atoms with Gasteiger partial charge in [-0.3, -0.25) is 5.01 Å². The zero-order valence-electron chi connectivity index (χ0n) is 13.0. The summed E-state index contributed by atoms with van der Waals surface area (Å²) in [6, 6.07) is 20.6. The average Bonchev–Trinajstić information content (AvgIpc) is 2.80. The Balaban J connectivity index is 2.24. The van der Waals surface area contributed by atoms with Crippen LogP contribution in [0.2, 0.25) is 0 Å². The third-order valence-corrected chi connectivity index (χ3v) is 4.45. The van der Waals surface area contributed by atoms with Crippen LogP contribution in [-0.2, 0) is 7.05 Å². The van der Waals surface area contributed by atoms with Gasteiger partial charge in [0.05, 0.1) is 11.4 Å². The molecule has 1 aromatic heterocycles. The summed E-state index contributed by atoms with van der Waals surface area (Å²) in [5.74, 6) is 0. The summed E-state index contributed by atoms with van der Waals surface area (Å²) >= 11 is 5.66. The molecule has 1 heterocycles. The highest BCUT2D eigenvalue weighted by Gasteiger charge is 2.17. The predicted octanol–water partition coefficient (Wildman–Crippen LogP) is 4.43. The first-order valence-corrected chi connectivity index (χ1v) is 7.65. The molecule has 0 N–H and O–H groups in total. The van der Waals surface area contributed by atoms with E-state index in [-0.39, 0.29) is 0 Å². The Morgan fingerprint density at radius 2 is 1.45 bits per heavy atom. The molecule has 0 saturated heterocycles. The van der Waals surface area contributed by atoms with Crippen molar-refractivity contribution in [3.63, 3.8) is 0 Å². The molecule has 0 amide bonds. The number of nitrogens with zero attached hydrogens (tertiary/aromatic N) is 3. The maximum Gasteiger partial charge on any atom is 0.199 e. The fraction of sp³-hybridized carbons (Fsp3) is 0.167. The molecule has 0 fully saturated rings. The lowest BCUT2D eigenvalue weighted by Crippen LogP contribution is -2.25. The highest BCUT2D eigenvalue weighted by Crippen LogP contribution is 2.27. The van der Waals surface area contributed by atoms with Crippen LogP contribution in [0, 0.1) is 11.7 Å². The fourth-order valence-corrected chi connectivity index (χ4v) is 3.01. The molecule has 0 atom stereocenters. The molecule has 0 radical (unpaired) electrons. The van der Waals surface area contributed by atoms with Crippen molar-refractivity contribution in [2.45, 2.75) is 6.92 Å². The van der Waals surface area contributed by atoms with E-state index in [2.05, 4.69) is 57.6 Å². The first-order valence-electron chi connectivity index (χ1n) is 7.24. The fourth-order valence-electron chi connectivity index (χ4n) is 2.66. The molecular formula is C18H19N3S. The Kier molecular flexibility index (Phi) is 3.86. The van der Waals surface area contributed by atoms with E-state index < -0.39 is 0 Å². The van der Waals surface area contributed by atoms with Crippen LogP contribution in [0.3, 0.4) is 0 Å². The van der Waals surface area contributed by atoms with Gasteiger partial charge in [-0.05, 0) is 31.3 Å². The maximum absolute atomic E-state index is 5.66. The molecule has 22 heavy (non-hydrogen) atoms. The standard InChI is InChI=1S/C18H19N3S/c1-14-17(15-10-6-4-7-11-15)21(18(22)19(14)2)20(3)16-12-8-5-9-13-16/h4-13H,1-3H3. The normalized spacial score (nSPS) is 10.7. The Bertz CT molecular complexity index is 832. The van der Waals surface area contributed by atoms with Gasteiger partial charge in [0.15, 0.2) is 4.77 Å². The molecule has 3 nitrogen and oxygen atoms in total. The third-order valence-electron chi connectivity index (χ3n) is 4.00. The van der Waals surface area contributed by atoms with Crippen LogP contribution in [0.4, 0.5) is 5.69 Å². The predicted molar refractivity (Wildman–Crippen MR) is 94.7 cm³/mol. The summed E-state index contributed by atoms with van der Waals surface area (Å²) in [6.45, 7) is 2.10. The minimum Gasteiger partial charge on any atom is -0.322 e. The third kappa shape index (κ3) is 2.35. The van der Waals surface area contributed by atoms with Gasteiger partial charge < -0.3 is 4.57 Å². The van der Waals surface area contributed by atoms with Crippen molar-refractivity contribution in [3.05, 3.63) is 71.1 Å². The first-order chi connectivity index (χ1) is 10.6. The number of para-hydroxylation sites is 1. The lowest BCUT2D eigenvalue weighted by Gasteiger charge is -2.23. The molecule has 0 saturated carbocycles. The molecule has 3 rings (SSSR count). The molecule has 0 aliphatic carbocycles. The highest BCUT2D eigenvalue weighted by atomic mass is 32.1. The van der Waals surface area contributed by atoms with Gasteiger partial charge in [0.25, 0.3) is 0 Å². The van der Waals surface area contributed by atoms with Gasteiger partial charge in [-0.25, -0.2) is 4.68 Å². The topological polar surface area (TPSA) is 13.1 Å². The van der Waals surface area contributed by atoms with E-state index in [0.717, 1.165) is 27.4 Å². The SMILES string of the molecule is Cc1c(-c2ccccc2)n(N(C)c2ccccc2)c(=S)n1C. The second-order valence-corrected chi connectivity index (χ2v) is 5.68. The molecule has 112 valence electrons. The van der Waals surface area contributed by atoms with Crippen LogP contribution in [0.25, 0.3) is 11.3 Å². The van der Waals surface area contributed by atoms with Gasteiger partial charge >= 0.3 is 0 Å². The monoisotopic (exact) mass is 309 g/mol. The number of hydrogen-bond donors (Lipinski definition) is 0. The molecule has 0 bridgehead atoms. The number of hydrogen-bond acceptors (Lipinski definition) is 2.